The summed E-state index contributed by atoms with van der Waals surface area (Å²) in [4.78, 5) is 10.4. The van der Waals surface area contributed by atoms with Crippen LogP contribution in [0.1, 0.15) is 5.56 Å². The average Bonchev–Trinajstić information content (AvgIpc) is 2.33. The summed E-state index contributed by atoms with van der Waals surface area (Å²) in [7, 11) is 0. The minimum atomic E-state index is -4.68. The van der Waals surface area contributed by atoms with E-state index in [2.05, 4.69) is 10.1 Å². The number of benzene rings is 1. The van der Waals surface area contributed by atoms with Crippen molar-refractivity contribution in [2.45, 2.75) is 12.9 Å². The van der Waals surface area contributed by atoms with Crippen LogP contribution in [0.2, 0.25) is 0 Å². The summed E-state index contributed by atoms with van der Waals surface area (Å²) < 4.78 is 44.5. The lowest BCUT2D eigenvalue weighted by Crippen LogP contribution is -2.23. The number of nitrogens with one attached hydrogen (secondary N) is 1. The molecular weight excluding hydrogens is 277 g/mol. The molecule has 1 rings (SSSR count). The highest BCUT2D eigenvalue weighted by atomic mass is 19.4. The third-order valence-electron chi connectivity index (χ3n) is 2.15. The Hall–Kier alpha value is -1.80. The molecule has 20 heavy (non-hydrogen) atoms. The monoisotopic (exact) mass is 292 g/mol. The predicted octanol–water partition coefficient (Wildman–Crippen LogP) is 1.18. The molecular formula is C12H15F3N2O3. The first kappa shape index (κ1) is 16.3. The van der Waals surface area contributed by atoms with Gasteiger partial charge in [0.2, 0.25) is 5.91 Å². The van der Waals surface area contributed by atoms with Crippen molar-refractivity contribution in [1.29, 1.82) is 0 Å². The molecule has 0 aliphatic rings. The Morgan fingerprint density at radius 2 is 1.90 bits per heavy atom. The lowest BCUT2D eigenvalue weighted by molar-refractivity contribution is -0.274. The molecule has 0 aliphatic heterocycles. The van der Waals surface area contributed by atoms with Crippen LogP contribution < -0.4 is 15.8 Å². The van der Waals surface area contributed by atoms with Crippen molar-refractivity contribution in [3.63, 3.8) is 0 Å². The Kier molecular flexibility index (Phi) is 6.26. The Labute approximate surface area is 113 Å². The minimum Gasteiger partial charge on any atom is -0.406 e. The minimum absolute atomic E-state index is 0.134. The second-order valence-electron chi connectivity index (χ2n) is 3.89. The molecule has 0 saturated carbocycles. The van der Waals surface area contributed by atoms with Crippen LogP contribution in [0.25, 0.3) is 0 Å². The first-order chi connectivity index (χ1) is 9.37. The lowest BCUT2D eigenvalue weighted by Gasteiger charge is -2.09. The molecule has 0 radical (unpaired) electrons. The van der Waals surface area contributed by atoms with E-state index in [0.717, 1.165) is 5.56 Å². The quantitative estimate of drug-likeness (QED) is 0.706. The van der Waals surface area contributed by atoms with Gasteiger partial charge < -0.3 is 20.5 Å². The fourth-order valence-electron chi connectivity index (χ4n) is 1.36. The van der Waals surface area contributed by atoms with E-state index in [1.54, 1.807) is 0 Å². The fraction of sp³-hybridized carbons (Fsp3) is 0.417. The second-order valence-corrected chi connectivity index (χ2v) is 3.89. The number of rotatable bonds is 8. The average molecular weight is 292 g/mol. The number of nitrogens with two attached hydrogens (primary N) is 1. The first-order valence-electron chi connectivity index (χ1n) is 5.78. The Balaban J connectivity index is 2.23. The number of carbonyl (C=O) groups excluding carboxylic acids is 1. The number of hydrogen-bond donors (Lipinski definition) is 2. The maximum Gasteiger partial charge on any atom is 0.573 e. The lowest BCUT2D eigenvalue weighted by atomic mass is 10.2. The highest BCUT2D eigenvalue weighted by Gasteiger charge is 2.30. The molecule has 3 N–H and O–H groups in total. The molecule has 0 bridgehead atoms. The molecule has 112 valence electrons. The smallest absolute Gasteiger partial charge is 0.406 e. The number of hydrogen-bond acceptors (Lipinski definition) is 4. The molecule has 0 atom stereocenters. The molecule has 1 amide bonds. The van der Waals surface area contributed by atoms with Crippen LogP contribution in [-0.4, -0.2) is 32.0 Å². The van der Waals surface area contributed by atoms with Crippen LogP contribution in [0.15, 0.2) is 24.3 Å². The van der Waals surface area contributed by atoms with Gasteiger partial charge in [0.15, 0.2) is 0 Å². The van der Waals surface area contributed by atoms with E-state index in [0.29, 0.717) is 19.7 Å². The number of ether oxygens (including phenoxy) is 2. The summed E-state index contributed by atoms with van der Waals surface area (Å²) in [5.74, 6) is -0.795. The van der Waals surface area contributed by atoms with Crippen LogP contribution >= 0.6 is 0 Å². The van der Waals surface area contributed by atoms with Crippen LogP contribution in [0.5, 0.6) is 5.75 Å². The van der Waals surface area contributed by atoms with Crippen LogP contribution in [0, 0.1) is 0 Å². The maximum atomic E-state index is 11.9. The van der Waals surface area contributed by atoms with Gasteiger partial charge in [-0.25, -0.2) is 0 Å². The topological polar surface area (TPSA) is 73.6 Å². The normalized spacial score (nSPS) is 11.3. The molecule has 0 saturated heterocycles. The molecule has 0 spiro atoms. The second kappa shape index (κ2) is 7.71. The summed E-state index contributed by atoms with van der Waals surface area (Å²) in [6.45, 7) is 1.14. The maximum absolute atomic E-state index is 11.9. The van der Waals surface area contributed by atoms with Gasteiger partial charge in [-0.15, -0.1) is 13.2 Å². The third kappa shape index (κ3) is 7.59. The number of halogens is 3. The molecule has 0 heterocycles. The molecule has 1 aromatic rings. The van der Waals surface area contributed by atoms with E-state index < -0.39 is 12.3 Å². The Morgan fingerprint density at radius 3 is 2.45 bits per heavy atom. The summed E-state index contributed by atoms with van der Waals surface area (Å²) in [5.41, 5.74) is 5.68. The van der Waals surface area contributed by atoms with Gasteiger partial charge in [0.1, 0.15) is 12.4 Å². The Bertz CT molecular complexity index is 421. The zero-order chi connectivity index (χ0) is 15.0. The van der Waals surface area contributed by atoms with Crippen LogP contribution in [-0.2, 0) is 16.1 Å². The zero-order valence-electron chi connectivity index (χ0n) is 10.6. The SMILES string of the molecule is NC(=O)COCCNCc1ccc(OC(F)(F)F)cc1. The standard InChI is InChI=1S/C12H15F3N2O3/c13-12(14,15)20-10-3-1-9(2-4-10)7-17-5-6-19-8-11(16)18/h1-4,17H,5-8H2,(H2,16,18). The van der Waals surface area contributed by atoms with E-state index in [1.165, 1.54) is 24.3 Å². The van der Waals surface area contributed by atoms with Gasteiger partial charge in [-0.3, -0.25) is 4.79 Å². The first-order valence-corrected chi connectivity index (χ1v) is 5.78. The van der Waals surface area contributed by atoms with Crippen molar-refractivity contribution in [2.24, 2.45) is 5.73 Å². The largest absolute Gasteiger partial charge is 0.573 e. The van der Waals surface area contributed by atoms with E-state index in [9.17, 15) is 18.0 Å². The van der Waals surface area contributed by atoms with Crippen LogP contribution in [0.4, 0.5) is 13.2 Å². The summed E-state index contributed by atoms with van der Waals surface area (Å²) in [5, 5.41) is 3.00. The molecule has 0 fully saturated rings. The van der Waals surface area contributed by atoms with E-state index in [-0.39, 0.29) is 12.4 Å². The summed E-state index contributed by atoms with van der Waals surface area (Å²) in [6, 6.07) is 5.54. The number of alkyl halides is 3. The van der Waals surface area contributed by atoms with Gasteiger partial charge >= 0.3 is 6.36 Å². The van der Waals surface area contributed by atoms with E-state index in [4.69, 9.17) is 10.5 Å². The number of carbonyl (C=O) groups is 1. The molecule has 8 heteroatoms. The van der Waals surface area contributed by atoms with Crippen molar-refractivity contribution >= 4 is 5.91 Å². The predicted molar refractivity (Wildman–Crippen MR) is 64.8 cm³/mol. The zero-order valence-corrected chi connectivity index (χ0v) is 10.6. The van der Waals surface area contributed by atoms with Gasteiger partial charge in [-0.1, -0.05) is 12.1 Å². The number of primary amides is 1. The Morgan fingerprint density at radius 1 is 1.25 bits per heavy atom. The molecule has 0 unspecified atom stereocenters. The van der Waals surface area contributed by atoms with Crippen molar-refractivity contribution in [1.82, 2.24) is 5.32 Å². The number of amides is 1. The van der Waals surface area contributed by atoms with E-state index in [1.807, 2.05) is 0 Å². The van der Waals surface area contributed by atoms with Gasteiger partial charge in [0.05, 0.1) is 6.61 Å². The van der Waals surface area contributed by atoms with Gasteiger partial charge in [0, 0.05) is 13.1 Å². The van der Waals surface area contributed by atoms with Crippen molar-refractivity contribution < 1.29 is 27.4 Å². The van der Waals surface area contributed by atoms with E-state index >= 15 is 0 Å². The van der Waals surface area contributed by atoms with Gasteiger partial charge in [-0.05, 0) is 17.7 Å². The third-order valence-corrected chi connectivity index (χ3v) is 2.15. The van der Waals surface area contributed by atoms with Gasteiger partial charge in [0.25, 0.3) is 0 Å². The molecule has 1 aromatic carbocycles. The van der Waals surface area contributed by atoms with Crippen molar-refractivity contribution in [2.75, 3.05) is 19.8 Å². The van der Waals surface area contributed by atoms with Crippen LogP contribution in [0.3, 0.4) is 0 Å². The van der Waals surface area contributed by atoms with Crippen molar-refractivity contribution in [3.8, 4) is 5.75 Å². The molecule has 0 aliphatic carbocycles. The van der Waals surface area contributed by atoms with Gasteiger partial charge in [-0.2, -0.15) is 0 Å². The highest BCUT2D eigenvalue weighted by Crippen LogP contribution is 2.22. The van der Waals surface area contributed by atoms with Crippen molar-refractivity contribution in [3.05, 3.63) is 29.8 Å². The highest BCUT2D eigenvalue weighted by molar-refractivity contribution is 5.74. The summed E-state index contributed by atoms with van der Waals surface area (Å²) in [6.07, 6.45) is -4.68. The molecule has 5 nitrogen and oxygen atoms in total. The molecule has 0 aromatic heterocycles. The summed E-state index contributed by atoms with van der Waals surface area (Å²) >= 11 is 0. The fourth-order valence-corrected chi connectivity index (χ4v) is 1.36.